The van der Waals surface area contributed by atoms with Gasteiger partial charge in [-0.15, -0.1) is 12.4 Å². The van der Waals surface area contributed by atoms with Gasteiger partial charge in [0.2, 0.25) is 0 Å². The Balaban J connectivity index is 0.00000261. The number of alkyl halides is 3. The van der Waals surface area contributed by atoms with E-state index in [0.29, 0.717) is 25.1 Å². The second-order valence-corrected chi connectivity index (χ2v) is 6.35. The van der Waals surface area contributed by atoms with Gasteiger partial charge < -0.3 is 10.2 Å². The first-order chi connectivity index (χ1) is 12.4. The van der Waals surface area contributed by atoms with Crippen molar-refractivity contribution in [3.63, 3.8) is 0 Å². The van der Waals surface area contributed by atoms with Crippen molar-refractivity contribution in [2.24, 2.45) is 0 Å². The van der Waals surface area contributed by atoms with Gasteiger partial charge in [-0.1, -0.05) is 36.4 Å². The number of nitrogens with one attached hydrogen (secondary N) is 1. The number of amides is 1. The molecule has 0 saturated carbocycles. The lowest BCUT2D eigenvalue weighted by atomic mass is 9.92. The number of benzene rings is 1. The minimum absolute atomic E-state index is 0. The Bertz CT molecular complexity index is 728. The third-order valence-electron chi connectivity index (χ3n) is 4.58. The van der Waals surface area contributed by atoms with Crippen LogP contribution in [0.15, 0.2) is 54.7 Å². The standard InChI is InChI=1S/C19H20F3N3O.ClH/c20-19(21,22)18(26)25(13-15-8-4-5-10-23-15)16-9-11-24-17(12-16)14-6-2-1-3-7-14;/h1-8,10,16-17,24H,9,11-13H2;1H/t16-,17+;/m1./s1. The summed E-state index contributed by atoms with van der Waals surface area (Å²) in [6.07, 6.45) is -2.49. The van der Waals surface area contributed by atoms with Crippen LogP contribution in [0, 0.1) is 0 Å². The van der Waals surface area contributed by atoms with Crippen molar-refractivity contribution in [2.45, 2.75) is 37.6 Å². The van der Waals surface area contributed by atoms with Gasteiger partial charge in [0.25, 0.3) is 0 Å². The van der Waals surface area contributed by atoms with Crippen molar-refractivity contribution in [2.75, 3.05) is 6.54 Å². The molecule has 2 heterocycles. The Kier molecular flexibility index (Phi) is 7.21. The van der Waals surface area contributed by atoms with Crippen LogP contribution in [0.2, 0.25) is 0 Å². The fraction of sp³-hybridized carbons (Fsp3) is 0.368. The third kappa shape index (κ3) is 5.43. The van der Waals surface area contributed by atoms with E-state index in [4.69, 9.17) is 0 Å². The van der Waals surface area contributed by atoms with Crippen molar-refractivity contribution in [3.8, 4) is 0 Å². The van der Waals surface area contributed by atoms with E-state index in [1.807, 2.05) is 30.3 Å². The molecule has 146 valence electrons. The molecule has 1 aliphatic rings. The normalized spacial score (nSPS) is 19.8. The first-order valence-corrected chi connectivity index (χ1v) is 8.51. The van der Waals surface area contributed by atoms with Crippen LogP contribution in [0.1, 0.15) is 30.1 Å². The number of rotatable bonds is 4. The van der Waals surface area contributed by atoms with E-state index in [1.54, 1.807) is 18.2 Å². The zero-order chi connectivity index (χ0) is 18.6. The van der Waals surface area contributed by atoms with Crippen LogP contribution in [0.4, 0.5) is 13.2 Å². The molecule has 4 nitrogen and oxygen atoms in total. The Hall–Kier alpha value is -2.12. The molecule has 0 bridgehead atoms. The van der Waals surface area contributed by atoms with Gasteiger partial charge in [0.1, 0.15) is 0 Å². The Labute approximate surface area is 162 Å². The van der Waals surface area contributed by atoms with Crippen LogP contribution in [0.3, 0.4) is 0 Å². The van der Waals surface area contributed by atoms with Crippen molar-refractivity contribution in [1.82, 2.24) is 15.2 Å². The highest BCUT2D eigenvalue weighted by Crippen LogP contribution is 2.30. The number of nitrogens with zero attached hydrogens (tertiary/aromatic N) is 2. The van der Waals surface area contributed by atoms with Crippen LogP contribution in [-0.4, -0.2) is 34.6 Å². The second kappa shape index (κ2) is 9.19. The molecule has 0 spiro atoms. The Morgan fingerprint density at radius 3 is 2.48 bits per heavy atom. The minimum atomic E-state index is -4.90. The number of halogens is 4. The number of hydrogen-bond acceptors (Lipinski definition) is 3. The average molecular weight is 400 g/mol. The highest BCUT2D eigenvalue weighted by Gasteiger charge is 2.45. The maximum absolute atomic E-state index is 13.1. The summed E-state index contributed by atoms with van der Waals surface area (Å²) in [5, 5.41) is 3.33. The summed E-state index contributed by atoms with van der Waals surface area (Å²) in [5.74, 6) is -1.80. The summed E-state index contributed by atoms with van der Waals surface area (Å²) in [4.78, 5) is 17.1. The minimum Gasteiger partial charge on any atom is -0.326 e. The number of aromatic nitrogens is 1. The van der Waals surface area contributed by atoms with Crippen LogP contribution in [0.25, 0.3) is 0 Å². The maximum Gasteiger partial charge on any atom is 0.471 e. The molecule has 1 aliphatic heterocycles. The molecule has 1 fully saturated rings. The van der Waals surface area contributed by atoms with Crippen LogP contribution in [-0.2, 0) is 11.3 Å². The third-order valence-corrected chi connectivity index (χ3v) is 4.58. The van der Waals surface area contributed by atoms with Crippen molar-refractivity contribution < 1.29 is 18.0 Å². The number of piperidine rings is 1. The van der Waals surface area contributed by atoms with Gasteiger partial charge in [-0.05, 0) is 37.1 Å². The fourth-order valence-corrected chi connectivity index (χ4v) is 3.32. The zero-order valence-electron chi connectivity index (χ0n) is 14.5. The summed E-state index contributed by atoms with van der Waals surface area (Å²) in [5.41, 5.74) is 1.45. The predicted octanol–water partition coefficient (Wildman–Crippen LogP) is 3.89. The maximum atomic E-state index is 13.1. The van der Waals surface area contributed by atoms with Gasteiger partial charge in [0.15, 0.2) is 0 Å². The smallest absolute Gasteiger partial charge is 0.326 e. The van der Waals surface area contributed by atoms with Crippen LogP contribution in [0.5, 0.6) is 0 Å². The lowest BCUT2D eigenvalue weighted by Crippen LogP contribution is -2.50. The molecule has 1 aromatic heterocycles. The molecular formula is C19H21ClF3N3O. The van der Waals surface area contributed by atoms with Crippen LogP contribution >= 0.6 is 12.4 Å². The molecule has 0 aliphatic carbocycles. The quantitative estimate of drug-likeness (QED) is 0.848. The fourth-order valence-electron chi connectivity index (χ4n) is 3.32. The summed E-state index contributed by atoms with van der Waals surface area (Å²) < 4.78 is 39.4. The van der Waals surface area contributed by atoms with E-state index in [-0.39, 0.29) is 25.0 Å². The monoisotopic (exact) mass is 399 g/mol. The van der Waals surface area contributed by atoms with Crippen LogP contribution < -0.4 is 5.32 Å². The Morgan fingerprint density at radius 1 is 1.15 bits per heavy atom. The molecule has 8 heteroatoms. The number of carbonyl (C=O) groups excluding carboxylic acids is 1. The second-order valence-electron chi connectivity index (χ2n) is 6.35. The summed E-state index contributed by atoms with van der Waals surface area (Å²) >= 11 is 0. The first kappa shape index (κ1) is 21.2. The van der Waals surface area contributed by atoms with E-state index in [1.165, 1.54) is 6.20 Å². The number of hydrogen-bond donors (Lipinski definition) is 1. The molecule has 27 heavy (non-hydrogen) atoms. The molecular weight excluding hydrogens is 379 g/mol. The van der Waals surface area contributed by atoms with Gasteiger partial charge in [0, 0.05) is 18.3 Å². The van der Waals surface area contributed by atoms with E-state index < -0.39 is 18.1 Å². The molecule has 1 N–H and O–H groups in total. The van der Waals surface area contributed by atoms with Gasteiger partial charge >= 0.3 is 12.1 Å². The molecule has 2 atom stereocenters. The zero-order valence-corrected chi connectivity index (χ0v) is 15.3. The molecule has 0 unspecified atom stereocenters. The van der Waals surface area contributed by atoms with Gasteiger partial charge in [-0.25, -0.2) is 0 Å². The van der Waals surface area contributed by atoms with Gasteiger partial charge in [0.05, 0.1) is 12.2 Å². The lowest BCUT2D eigenvalue weighted by Gasteiger charge is -2.38. The van der Waals surface area contributed by atoms with E-state index in [9.17, 15) is 18.0 Å². The van der Waals surface area contributed by atoms with E-state index in [0.717, 1.165) is 10.5 Å². The lowest BCUT2D eigenvalue weighted by molar-refractivity contribution is -0.189. The van der Waals surface area contributed by atoms with E-state index in [2.05, 4.69) is 10.3 Å². The van der Waals surface area contributed by atoms with E-state index >= 15 is 0 Å². The topological polar surface area (TPSA) is 45.2 Å². The van der Waals surface area contributed by atoms with Crippen molar-refractivity contribution in [1.29, 1.82) is 0 Å². The molecule has 2 aromatic rings. The average Bonchev–Trinajstić information content (AvgIpc) is 2.66. The first-order valence-electron chi connectivity index (χ1n) is 8.51. The van der Waals surface area contributed by atoms with Crippen molar-refractivity contribution >= 4 is 18.3 Å². The van der Waals surface area contributed by atoms with Gasteiger partial charge in [-0.2, -0.15) is 13.2 Å². The molecule has 1 aromatic carbocycles. The summed E-state index contributed by atoms with van der Waals surface area (Å²) in [6, 6.07) is 14.0. The van der Waals surface area contributed by atoms with Crippen molar-refractivity contribution in [3.05, 3.63) is 66.0 Å². The SMILES string of the molecule is Cl.O=C(N(Cc1ccccn1)[C@@H]1CCN[C@H](c2ccccc2)C1)C(F)(F)F. The van der Waals surface area contributed by atoms with Gasteiger partial charge in [-0.3, -0.25) is 9.78 Å². The highest BCUT2D eigenvalue weighted by atomic mass is 35.5. The predicted molar refractivity (Wildman–Crippen MR) is 98.3 cm³/mol. The Morgan fingerprint density at radius 2 is 1.85 bits per heavy atom. The molecule has 1 saturated heterocycles. The molecule has 0 radical (unpaired) electrons. The number of pyridine rings is 1. The summed E-state index contributed by atoms with van der Waals surface area (Å²) in [6.45, 7) is 0.402. The highest BCUT2D eigenvalue weighted by molar-refractivity contribution is 5.85. The summed E-state index contributed by atoms with van der Waals surface area (Å²) in [7, 11) is 0. The molecule has 1 amide bonds. The number of carbonyl (C=O) groups is 1. The molecule has 3 rings (SSSR count). The largest absolute Gasteiger partial charge is 0.471 e.